The van der Waals surface area contributed by atoms with Crippen LogP contribution in [0, 0.1) is 0 Å². The van der Waals surface area contributed by atoms with Crippen molar-refractivity contribution in [2.75, 3.05) is 6.54 Å². The Labute approximate surface area is 127 Å². The van der Waals surface area contributed by atoms with Gasteiger partial charge < -0.3 is 5.11 Å². The maximum absolute atomic E-state index is 10.8. The molecule has 0 aromatic heterocycles. The molecule has 1 saturated heterocycles. The number of benzene rings is 1. The van der Waals surface area contributed by atoms with Gasteiger partial charge in [-0.15, -0.1) is 0 Å². The zero-order valence-electron chi connectivity index (χ0n) is 12.6. The molecule has 0 radical (unpaired) electrons. The fourth-order valence-electron chi connectivity index (χ4n) is 3.48. The van der Waals surface area contributed by atoms with Gasteiger partial charge in [-0.2, -0.15) is 0 Å². The molecule has 114 valence electrons. The second-order valence-electron chi connectivity index (χ2n) is 6.57. The molecule has 1 aromatic rings. The fraction of sp³-hybridized carbons (Fsp3) is 0.611. The van der Waals surface area contributed by atoms with E-state index in [-0.39, 0.29) is 0 Å². The molecule has 0 spiro atoms. The normalized spacial score (nSPS) is 23.1. The van der Waals surface area contributed by atoms with Crippen LogP contribution in [-0.2, 0) is 11.3 Å². The Balaban J connectivity index is 1.63. The van der Waals surface area contributed by atoms with Crippen molar-refractivity contribution in [1.82, 2.24) is 4.90 Å². The molecule has 2 fully saturated rings. The van der Waals surface area contributed by atoms with Crippen LogP contribution in [0.5, 0.6) is 0 Å². The van der Waals surface area contributed by atoms with E-state index >= 15 is 0 Å². The van der Waals surface area contributed by atoms with Crippen molar-refractivity contribution in [2.24, 2.45) is 0 Å². The summed E-state index contributed by atoms with van der Waals surface area (Å²) < 4.78 is 0. The highest BCUT2D eigenvalue weighted by atomic mass is 16.4. The predicted molar refractivity (Wildman–Crippen MR) is 83.3 cm³/mol. The average Bonchev–Trinajstić information content (AvgIpc) is 3.31. The van der Waals surface area contributed by atoms with Crippen LogP contribution in [0.1, 0.15) is 62.0 Å². The van der Waals surface area contributed by atoms with Gasteiger partial charge in [0, 0.05) is 19.0 Å². The molecule has 0 bridgehead atoms. The Kier molecular flexibility index (Phi) is 4.59. The first-order valence-corrected chi connectivity index (χ1v) is 8.27. The maximum atomic E-state index is 10.8. The first kappa shape index (κ1) is 14.6. The monoisotopic (exact) mass is 287 g/mol. The Bertz CT molecular complexity index is 496. The zero-order valence-corrected chi connectivity index (χ0v) is 12.6. The van der Waals surface area contributed by atoms with E-state index < -0.39 is 5.97 Å². The molecule has 3 rings (SSSR count). The van der Waals surface area contributed by atoms with Gasteiger partial charge in [-0.25, -0.2) is 0 Å². The molecule has 21 heavy (non-hydrogen) atoms. The Morgan fingerprint density at radius 3 is 2.86 bits per heavy atom. The van der Waals surface area contributed by atoms with Crippen LogP contribution in [0.4, 0.5) is 0 Å². The summed E-state index contributed by atoms with van der Waals surface area (Å²) in [4.78, 5) is 13.3. The van der Waals surface area contributed by atoms with Crippen molar-refractivity contribution in [1.29, 1.82) is 0 Å². The summed E-state index contributed by atoms with van der Waals surface area (Å²) in [5.74, 6) is 0.130. The third-order valence-corrected chi connectivity index (χ3v) is 4.83. The van der Waals surface area contributed by atoms with Crippen LogP contribution in [-0.4, -0.2) is 28.6 Å². The summed E-state index contributed by atoms with van der Waals surface area (Å²) in [6.45, 7) is 2.09. The predicted octanol–water partition coefficient (Wildman–Crippen LogP) is 3.78. The minimum Gasteiger partial charge on any atom is -0.481 e. The van der Waals surface area contributed by atoms with E-state index in [1.807, 2.05) is 0 Å². The van der Waals surface area contributed by atoms with Gasteiger partial charge in [-0.05, 0) is 55.7 Å². The first-order valence-electron chi connectivity index (χ1n) is 8.27. The van der Waals surface area contributed by atoms with Gasteiger partial charge in [0.25, 0.3) is 0 Å². The Hall–Kier alpha value is -1.35. The number of likely N-dealkylation sites (tertiary alicyclic amines) is 1. The second-order valence-corrected chi connectivity index (χ2v) is 6.57. The van der Waals surface area contributed by atoms with E-state index in [1.165, 1.54) is 36.8 Å². The van der Waals surface area contributed by atoms with Gasteiger partial charge in [0.2, 0.25) is 0 Å². The minimum atomic E-state index is -0.670. The molecule has 1 saturated carbocycles. The summed E-state index contributed by atoms with van der Waals surface area (Å²) in [7, 11) is 0. The number of carboxylic acid groups (broad SMARTS) is 1. The lowest BCUT2D eigenvalue weighted by molar-refractivity contribution is -0.137. The highest BCUT2D eigenvalue weighted by Gasteiger charge is 2.25. The van der Waals surface area contributed by atoms with Gasteiger partial charge in [-0.3, -0.25) is 9.69 Å². The van der Waals surface area contributed by atoms with Crippen molar-refractivity contribution in [2.45, 2.75) is 63.5 Å². The number of carbonyl (C=O) groups is 1. The Morgan fingerprint density at radius 1 is 1.24 bits per heavy atom. The molecule has 3 nitrogen and oxygen atoms in total. The molecule has 2 aliphatic rings. The van der Waals surface area contributed by atoms with Crippen LogP contribution < -0.4 is 0 Å². The van der Waals surface area contributed by atoms with Crippen LogP contribution in [0.2, 0.25) is 0 Å². The average molecular weight is 287 g/mol. The molecule has 0 amide bonds. The smallest absolute Gasteiger partial charge is 0.303 e. The fourth-order valence-corrected chi connectivity index (χ4v) is 3.48. The van der Waals surface area contributed by atoms with Gasteiger partial charge in [0.15, 0.2) is 0 Å². The highest BCUT2D eigenvalue weighted by molar-refractivity contribution is 5.66. The lowest BCUT2D eigenvalue weighted by Gasteiger charge is -2.35. The third-order valence-electron chi connectivity index (χ3n) is 4.83. The molecule has 1 N–H and O–H groups in total. The van der Waals surface area contributed by atoms with Crippen molar-refractivity contribution in [3.63, 3.8) is 0 Å². The van der Waals surface area contributed by atoms with Crippen molar-refractivity contribution in [3.05, 3.63) is 35.4 Å². The van der Waals surface area contributed by atoms with E-state index in [2.05, 4.69) is 29.2 Å². The van der Waals surface area contributed by atoms with Crippen LogP contribution in [0.3, 0.4) is 0 Å². The number of carboxylic acids is 1. The van der Waals surface area contributed by atoms with E-state index in [9.17, 15) is 4.79 Å². The number of rotatable bonds is 6. The SMILES string of the molecule is O=C(O)CCC1CCCCN1Cc1cccc(C2CC2)c1. The van der Waals surface area contributed by atoms with E-state index in [1.54, 1.807) is 0 Å². The molecule has 1 aliphatic carbocycles. The quantitative estimate of drug-likeness (QED) is 0.865. The Morgan fingerprint density at radius 2 is 2.10 bits per heavy atom. The first-order chi connectivity index (χ1) is 10.2. The van der Waals surface area contributed by atoms with Crippen LogP contribution in [0.15, 0.2) is 24.3 Å². The molecule has 1 heterocycles. The second kappa shape index (κ2) is 6.61. The molecular formula is C18H25NO2. The van der Waals surface area contributed by atoms with E-state index in [0.717, 1.165) is 31.8 Å². The topological polar surface area (TPSA) is 40.5 Å². The van der Waals surface area contributed by atoms with Gasteiger partial charge in [0.05, 0.1) is 0 Å². The summed E-state index contributed by atoms with van der Waals surface area (Å²) in [6.07, 6.45) is 7.40. The lowest BCUT2D eigenvalue weighted by Crippen LogP contribution is -2.39. The van der Waals surface area contributed by atoms with Gasteiger partial charge in [0.1, 0.15) is 0 Å². The van der Waals surface area contributed by atoms with Gasteiger partial charge >= 0.3 is 5.97 Å². The number of hydrogen-bond acceptors (Lipinski definition) is 2. The van der Waals surface area contributed by atoms with Gasteiger partial charge in [-0.1, -0.05) is 30.7 Å². The standard InChI is InChI=1S/C18H25NO2/c20-18(21)10-9-17-6-1-2-11-19(17)13-14-4-3-5-16(12-14)15-7-8-15/h3-5,12,15,17H,1-2,6-11,13H2,(H,20,21). The van der Waals surface area contributed by atoms with E-state index in [0.29, 0.717) is 12.5 Å². The van der Waals surface area contributed by atoms with Crippen molar-refractivity contribution in [3.8, 4) is 0 Å². The van der Waals surface area contributed by atoms with Crippen molar-refractivity contribution >= 4 is 5.97 Å². The maximum Gasteiger partial charge on any atom is 0.303 e. The molecule has 1 aliphatic heterocycles. The molecule has 1 atom stereocenters. The number of nitrogens with zero attached hydrogens (tertiary/aromatic N) is 1. The molecule has 1 aromatic carbocycles. The van der Waals surface area contributed by atoms with E-state index in [4.69, 9.17) is 5.11 Å². The highest BCUT2D eigenvalue weighted by Crippen LogP contribution is 2.40. The molecular weight excluding hydrogens is 262 g/mol. The summed E-state index contributed by atoms with van der Waals surface area (Å²) >= 11 is 0. The summed E-state index contributed by atoms with van der Waals surface area (Å²) in [5, 5.41) is 8.91. The van der Waals surface area contributed by atoms with Crippen LogP contribution >= 0.6 is 0 Å². The lowest BCUT2D eigenvalue weighted by atomic mass is 9.97. The molecule has 1 unspecified atom stereocenters. The summed E-state index contributed by atoms with van der Waals surface area (Å²) in [6, 6.07) is 9.45. The van der Waals surface area contributed by atoms with Crippen molar-refractivity contribution < 1.29 is 9.90 Å². The van der Waals surface area contributed by atoms with Crippen LogP contribution in [0.25, 0.3) is 0 Å². The number of hydrogen-bond donors (Lipinski definition) is 1. The minimum absolute atomic E-state index is 0.295. The largest absolute Gasteiger partial charge is 0.481 e. The number of aliphatic carboxylic acids is 1. The summed E-state index contributed by atoms with van der Waals surface area (Å²) in [5.41, 5.74) is 2.88. The number of piperidine rings is 1. The zero-order chi connectivity index (χ0) is 14.7. The third kappa shape index (κ3) is 4.07. The molecule has 3 heteroatoms.